The van der Waals surface area contributed by atoms with E-state index in [9.17, 15) is 4.79 Å². The van der Waals surface area contributed by atoms with E-state index in [1.165, 1.54) is 0 Å². The molecule has 0 bridgehead atoms. The monoisotopic (exact) mass is 234 g/mol. The third-order valence-electron chi connectivity index (χ3n) is 2.68. The van der Waals surface area contributed by atoms with Gasteiger partial charge < -0.3 is 15.8 Å². The third kappa shape index (κ3) is 2.78. The highest BCUT2D eigenvalue weighted by molar-refractivity contribution is 5.99. The zero-order valence-corrected chi connectivity index (χ0v) is 10.6. The van der Waals surface area contributed by atoms with Crippen molar-refractivity contribution in [2.24, 2.45) is 5.73 Å². The number of likely N-dealkylation sites (N-methyl/N-ethyl adjacent to an activating group) is 1. The van der Waals surface area contributed by atoms with Crippen LogP contribution in [0.4, 0.5) is 0 Å². The lowest BCUT2D eigenvalue weighted by molar-refractivity contribution is -0.116. The first-order valence-electron chi connectivity index (χ1n) is 5.34. The average molecular weight is 234 g/mol. The number of nitrogens with one attached hydrogen (secondary N) is 1. The van der Waals surface area contributed by atoms with Crippen LogP contribution in [-0.2, 0) is 4.79 Å². The van der Waals surface area contributed by atoms with Crippen molar-refractivity contribution in [2.75, 3.05) is 14.2 Å². The second kappa shape index (κ2) is 5.39. The fourth-order valence-corrected chi connectivity index (χ4v) is 1.57. The second-order valence-electron chi connectivity index (χ2n) is 3.80. The Hall–Kier alpha value is -1.97. The van der Waals surface area contributed by atoms with Crippen LogP contribution in [-0.4, -0.2) is 20.1 Å². The van der Waals surface area contributed by atoms with E-state index in [1.807, 2.05) is 25.1 Å². The summed E-state index contributed by atoms with van der Waals surface area (Å²) in [5, 5.41) is 2.55. The molecule has 1 aromatic rings. The van der Waals surface area contributed by atoms with Crippen molar-refractivity contribution in [1.29, 1.82) is 0 Å². The Morgan fingerprint density at radius 3 is 2.53 bits per heavy atom. The number of benzene rings is 1. The van der Waals surface area contributed by atoms with Gasteiger partial charge in [-0.05, 0) is 43.2 Å². The van der Waals surface area contributed by atoms with Crippen LogP contribution in [0.15, 0.2) is 23.8 Å². The highest BCUT2D eigenvalue weighted by atomic mass is 16.5. The maximum Gasteiger partial charge on any atom is 0.248 e. The fraction of sp³-hybridized carbons (Fsp3) is 0.308. The van der Waals surface area contributed by atoms with E-state index >= 15 is 0 Å². The summed E-state index contributed by atoms with van der Waals surface area (Å²) in [6.07, 6.45) is 0. The van der Waals surface area contributed by atoms with Crippen LogP contribution in [0.2, 0.25) is 0 Å². The number of carbonyl (C=O) groups excluding carboxylic acids is 1. The Bertz CT molecular complexity index is 464. The first kappa shape index (κ1) is 13.1. The largest absolute Gasteiger partial charge is 0.496 e. The van der Waals surface area contributed by atoms with Gasteiger partial charge in [0, 0.05) is 18.3 Å². The van der Waals surface area contributed by atoms with Crippen molar-refractivity contribution < 1.29 is 9.53 Å². The lowest BCUT2D eigenvalue weighted by atomic mass is 10.0. The standard InChI is InChI=1S/C13H18N2O2/c1-8-7-10(5-6-11(8)17-4)12(14)9(2)13(16)15-3/h5-7H,14H2,1-4H3,(H,15,16). The molecule has 0 heterocycles. The summed E-state index contributed by atoms with van der Waals surface area (Å²) in [6.45, 7) is 3.64. The highest BCUT2D eigenvalue weighted by Crippen LogP contribution is 2.22. The highest BCUT2D eigenvalue weighted by Gasteiger charge is 2.09. The Morgan fingerprint density at radius 2 is 2.06 bits per heavy atom. The molecule has 0 spiro atoms. The van der Waals surface area contributed by atoms with Gasteiger partial charge in [-0.3, -0.25) is 4.79 Å². The lowest BCUT2D eigenvalue weighted by Crippen LogP contribution is -2.21. The van der Waals surface area contributed by atoms with Gasteiger partial charge in [-0.15, -0.1) is 0 Å². The Morgan fingerprint density at radius 1 is 1.41 bits per heavy atom. The Kier molecular flexibility index (Phi) is 4.15. The van der Waals surface area contributed by atoms with E-state index in [0.717, 1.165) is 16.9 Å². The zero-order valence-electron chi connectivity index (χ0n) is 10.6. The summed E-state index contributed by atoms with van der Waals surface area (Å²) >= 11 is 0. The molecule has 0 fully saturated rings. The predicted molar refractivity (Wildman–Crippen MR) is 68.6 cm³/mol. The van der Waals surface area contributed by atoms with Crippen LogP contribution in [0.25, 0.3) is 5.70 Å². The molecule has 0 aromatic heterocycles. The van der Waals surface area contributed by atoms with Crippen molar-refractivity contribution in [1.82, 2.24) is 5.32 Å². The molecule has 3 N–H and O–H groups in total. The van der Waals surface area contributed by atoms with Crippen molar-refractivity contribution in [2.45, 2.75) is 13.8 Å². The molecule has 0 aliphatic heterocycles. The summed E-state index contributed by atoms with van der Waals surface area (Å²) in [4.78, 5) is 11.5. The molecular formula is C13H18N2O2. The maximum absolute atomic E-state index is 11.5. The molecule has 0 saturated heterocycles. The van der Waals surface area contributed by atoms with Gasteiger partial charge in [0.05, 0.1) is 7.11 Å². The maximum atomic E-state index is 11.5. The molecule has 1 amide bonds. The van der Waals surface area contributed by atoms with Gasteiger partial charge in [-0.1, -0.05) is 0 Å². The molecule has 4 nitrogen and oxygen atoms in total. The molecular weight excluding hydrogens is 216 g/mol. The molecule has 0 aliphatic rings. The van der Waals surface area contributed by atoms with E-state index in [-0.39, 0.29) is 5.91 Å². The van der Waals surface area contributed by atoms with Crippen LogP contribution >= 0.6 is 0 Å². The van der Waals surface area contributed by atoms with Gasteiger partial charge in [0.25, 0.3) is 0 Å². The number of hydrogen-bond acceptors (Lipinski definition) is 3. The topological polar surface area (TPSA) is 64.4 Å². The number of nitrogens with two attached hydrogens (primary N) is 1. The van der Waals surface area contributed by atoms with Crippen LogP contribution in [0.5, 0.6) is 5.75 Å². The number of amides is 1. The van der Waals surface area contributed by atoms with Gasteiger partial charge >= 0.3 is 0 Å². The number of rotatable bonds is 3. The minimum absolute atomic E-state index is 0.170. The fourth-order valence-electron chi connectivity index (χ4n) is 1.57. The van der Waals surface area contributed by atoms with Crippen molar-refractivity contribution in [3.05, 3.63) is 34.9 Å². The van der Waals surface area contributed by atoms with Crippen molar-refractivity contribution in [3.8, 4) is 5.75 Å². The van der Waals surface area contributed by atoms with Gasteiger partial charge in [0.2, 0.25) is 5.91 Å². The Balaban J connectivity index is 3.17. The number of carbonyl (C=O) groups is 1. The SMILES string of the molecule is CNC(=O)C(C)=C(N)c1ccc(OC)c(C)c1. The molecule has 0 saturated carbocycles. The van der Waals surface area contributed by atoms with Crippen LogP contribution in [0.3, 0.4) is 0 Å². The number of methoxy groups -OCH3 is 1. The van der Waals surface area contributed by atoms with Gasteiger partial charge in [-0.2, -0.15) is 0 Å². The van der Waals surface area contributed by atoms with E-state index in [0.29, 0.717) is 11.3 Å². The summed E-state index contributed by atoms with van der Waals surface area (Å²) < 4.78 is 5.17. The predicted octanol–water partition coefficient (Wildman–Crippen LogP) is 1.44. The molecule has 4 heteroatoms. The molecule has 1 rings (SSSR count). The first-order valence-corrected chi connectivity index (χ1v) is 5.34. The molecule has 17 heavy (non-hydrogen) atoms. The van der Waals surface area contributed by atoms with Gasteiger partial charge in [0.15, 0.2) is 0 Å². The normalized spacial score (nSPS) is 11.8. The number of hydrogen-bond donors (Lipinski definition) is 2. The van der Waals surface area contributed by atoms with Crippen LogP contribution in [0.1, 0.15) is 18.1 Å². The average Bonchev–Trinajstić information content (AvgIpc) is 2.35. The molecule has 0 unspecified atom stereocenters. The zero-order chi connectivity index (χ0) is 13.0. The van der Waals surface area contributed by atoms with Crippen LogP contribution < -0.4 is 15.8 Å². The van der Waals surface area contributed by atoms with Gasteiger partial charge in [0.1, 0.15) is 5.75 Å². The van der Waals surface area contributed by atoms with E-state index < -0.39 is 0 Å². The molecule has 1 aromatic carbocycles. The van der Waals surface area contributed by atoms with E-state index in [4.69, 9.17) is 10.5 Å². The van der Waals surface area contributed by atoms with Crippen LogP contribution in [0, 0.1) is 6.92 Å². The van der Waals surface area contributed by atoms with E-state index in [2.05, 4.69) is 5.32 Å². The minimum atomic E-state index is -0.170. The Labute approximate surface area is 101 Å². The first-order chi connectivity index (χ1) is 8.01. The summed E-state index contributed by atoms with van der Waals surface area (Å²) in [7, 11) is 3.20. The summed E-state index contributed by atoms with van der Waals surface area (Å²) in [6, 6.07) is 5.59. The van der Waals surface area contributed by atoms with Crippen molar-refractivity contribution >= 4 is 11.6 Å². The summed E-state index contributed by atoms with van der Waals surface area (Å²) in [5.41, 5.74) is 8.75. The number of ether oxygens (including phenoxy) is 1. The van der Waals surface area contributed by atoms with E-state index in [1.54, 1.807) is 21.1 Å². The smallest absolute Gasteiger partial charge is 0.248 e. The third-order valence-corrected chi connectivity index (χ3v) is 2.68. The quantitative estimate of drug-likeness (QED) is 0.778. The molecule has 92 valence electrons. The molecule has 0 aliphatic carbocycles. The molecule has 0 radical (unpaired) electrons. The minimum Gasteiger partial charge on any atom is -0.496 e. The summed E-state index contributed by atoms with van der Waals surface area (Å²) in [5.74, 6) is 0.634. The number of aryl methyl sites for hydroxylation is 1. The van der Waals surface area contributed by atoms with Gasteiger partial charge in [-0.25, -0.2) is 0 Å². The lowest BCUT2D eigenvalue weighted by Gasteiger charge is -2.10. The van der Waals surface area contributed by atoms with Crippen molar-refractivity contribution in [3.63, 3.8) is 0 Å². The second-order valence-corrected chi connectivity index (χ2v) is 3.80. The molecule has 0 atom stereocenters.